The molecule has 6 nitrogen and oxygen atoms in total. The standard InChI is InChI=1S/C20H23ClN4O2/c1-14-4-3-5-15(2)19(14)23-18(26)13-24-8-10-25(11-9-24)20(27)17-12-16(21)6-7-22-17/h3-7,12H,8-11,13H2,1-2H3,(H,23,26). The van der Waals surface area contributed by atoms with E-state index in [1.807, 2.05) is 32.0 Å². The molecule has 2 amide bonds. The lowest BCUT2D eigenvalue weighted by Gasteiger charge is -2.34. The fourth-order valence-electron chi connectivity index (χ4n) is 3.19. The summed E-state index contributed by atoms with van der Waals surface area (Å²) in [6, 6.07) is 9.17. The normalized spacial score (nSPS) is 14.9. The van der Waals surface area contributed by atoms with Crippen molar-refractivity contribution < 1.29 is 9.59 Å². The van der Waals surface area contributed by atoms with Crippen LogP contribution in [0, 0.1) is 13.8 Å². The number of carbonyl (C=O) groups excluding carboxylic acids is 2. The largest absolute Gasteiger partial charge is 0.335 e. The summed E-state index contributed by atoms with van der Waals surface area (Å²) in [6.45, 7) is 6.69. The molecule has 1 aliphatic heterocycles. The highest BCUT2D eigenvalue weighted by Gasteiger charge is 2.24. The smallest absolute Gasteiger partial charge is 0.272 e. The zero-order chi connectivity index (χ0) is 19.4. The third-order valence-electron chi connectivity index (χ3n) is 4.71. The number of nitrogens with zero attached hydrogens (tertiary/aromatic N) is 3. The Balaban J connectivity index is 1.52. The second-order valence-electron chi connectivity index (χ2n) is 6.74. The van der Waals surface area contributed by atoms with Gasteiger partial charge in [-0.2, -0.15) is 0 Å². The molecule has 1 saturated heterocycles. The maximum Gasteiger partial charge on any atom is 0.272 e. The summed E-state index contributed by atoms with van der Waals surface area (Å²) in [4.78, 5) is 32.8. The number of amides is 2. The Morgan fingerprint density at radius 3 is 2.41 bits per heavy atom. The highest BCUT2D eigenvalue weighted by Crippen LogP contribution is 2.19. The number of carbonyl (C=O) groups is 2. The molecule has 1 fully saturated rings. The molecule has 2 aromatic rings. The Kier molecular flexibility index (Phi) is 6.08. The summed E-state index contributed by atoms with van der Waals surface area (Å²) < 4.78 is 0. The maximum absolute atomic E-state index is 12.5. The summed E-state index contributed by atoms with van der Waals surface area (Å²) in [7, 11) is 0. The first-order valence-electron chi connectivity index (χ1n) is 8.93. The van der Waals surface area contributed by atoms with E-state index >= 15 is 0 Å². The van der Waals surface area contributed by atoms with Crippen molar-refractivity contribution in [2.45, 2.75) is 13.8 Å². The minimum atomic E-state index is -0.128. The molecule has 0 atom stereocenters. The number of hydrogen-bond acceptors (Lipinski definition) is 4. The number of hydrogen-bond donors (Lipinski definition) is 1. The highest BCUT2D eigenvalue weighted by molar-refractivity contribution is 6.30. The number of aryl methyl sites for hydroxylation is 2. The molecule has 7 heteroatoms. The molecule has 0 saturated carbocycles. The van der Waals surface area contributed by atoms with Crippen molar-refractivity contribution in [3.63, 3.8) is 0 Å². The molecule has 0 unspecified atom stereocenters. The van der Waals surface area contributed by atoms with Gasteiger partial charge in [0, 0.05) is 43.1 Å². The van der Waals surface area contributed by atoms with Gasteiger partial charge in [0.05, 0.1) is 6.54 Å². The lowest BCUT2D eigenvalue weighted by Crippen LogP contribution is -2.50. The summed E-state index contributed by atoms with van der Waals surface area (Å²) in [5.74, 6) is -0.166. The van der Waals surface area contributed by atoms with Gasteiger partial charge in [-0.15, -0.1) is 0 Å². The molecule has 3 rings (SSSR count). The zero-order valence-electron chi connectivity index (χ0n) is 15.5. The van der Waals surface area contributed by atoms with Crippen LogP contribution in [0.2, 0.25) is 5.02 Å². The van der Waals surface area contributed by atoms with Crippen molar-refractivity contribution in [3.8, 4) is 0 Å². The van der Waals surface area contributed by atoms with Crippen molar-refractivity contribution in [1.82, 2.24) is 14.8 Å². The van der Waals surface area contributed by atoms with Gasteiger partial charge in [-0.3, -0.25) is 19.5 Å². The van der Waals surface area contributed by atoms with Crippen molar-refractivity contribution in [1.29, 1.82) is 0 Å². The average Bonchev–Trinajstić information content (AvgIpc) is 2.65. The number of anilines is 1. The van der Waals surface area contributed by atoms with E-state index < -0.39 is 0 Å². The van der Waals surface area contributed by atoms with Crippen LogP contribution in [0.1, 0.15) is 21.6 Å². The molecule has 0 spiro atoms. The van der Waals surface area contributed by atoms with Gasteiger partial charge >= 0.3 is 0 Å². The molecule has 0 radical (unpaired) electrons. The second kappa shape index (κ2) is 8.50. The molecule has 0 bridgehead atoms. The topological polar surface area (TPSA) is 65.5 Å². The molecular formula is C20H23ClN4O2. The van der Waals surface area contributed by atoms with Crippen LogP contribution in [0.15, 0.2) is 36.5 Å². The van der Waals surface area contributed by atoms with Gasteiger partial charge in [-0.25, -0.2) is 0 Å². The van der Waals surface area contributed by atoms with Gasteiger partial charge in [0.1, 0.15) is 5.69 Å². The molecule has 1 aliphatic rings. The summed E-state index contributed by atoms with van der Waals surface area (Å²) in [5.41, 5.74) is 3.33. The molecular weight excluding hydrogens is 364 g/mol. The summed E-state index contributed by atoms with van der Waals surface area (Å²) >= 11 is 5.93. The van der Waals surface area contributed by atoms with E-state index in [0.717, 1.165) is 16.8 Å². The van der Waals surface area contributed by atoms with Gasteiger partial charge in [0.2, 0.25) is 5.91 Å². The third-order valence-corrected chi connectivity index (χ3v) is 4.95. The van der Waals surface area contributed by atoms with Crippen molar-refractivity contribution in [2.24, 2.45) is 0 Å². The summed E-state index contributed by atoms with van der Waals surface area (Å²) in [6.07, 6.45) is 1.53. The van der Waals surface area contributed by atoms with E-state index in [9.17, 15) is 9.59 Å². The SMILES string of the molecule is Cc1cccc(C)c1NC(=O)CN1CCN(C(=O)c2cc(Cl)ccn2)CC1. The van der Waals surface area contributed by atoms with E-state index in [2.05, 4.69) is 15.2 Å². The van der Waals surface area contributed by atoms with Crippen LogP contribution >= 0.6 is 11.6 Å². The number of nitrogens with one attached hydrogen (secondary N) is 1. The molecule has 142 valence electrons. The lowest BCUT2D eigenvalue weighted by atomic mass is 10.1. The van der Waals surface area contributed by atoms with E-state index in [-0.39, 0.29) is 11.8 Å². The van der Waals surface area contributed by atoms with Crippen LogP contribution in [0.3, 0.4) is 0 Å². The molecule has 2 heterocycles. The number of para-hydroxylation sites is 1. The Labute approximate surface area is 164 Å². The molecule has 1 aromatic carbocycles. The first kappa shape index (κ1) is 19.3. The number of rotatable bonds is 4. The lowest BCUT2D eigenvalue weighted by molar-refractivity contribution is -0.117. The predicted molar refractivity (Wildman–Crippen MR) is 106 cm³/mol. The average molecular weight is 387 g/mol. The van der Waals surface area contributed by atoms with Gasteiger partial charge < -0.3 is 10.2 Å². The van der Waals surface area contributed by atoms with E-state index in [1.54, 1.807) is 17.0 Å². The van der Waals surface area contributed by atoms with Crippen LogP contribution in [0.5, 0.6) is 0 Å². The van der Waals surface area contributed by atoms with Gasteiger partial charge in [-0.1, -0.05) is 29.8 Å². The number of aromatic nitrogens is 1. The van der Waals surface area contributed by atoms with Crippen LogP contribution in [-0.4, -0.2) is 59.3 Å². The van der Waals surface area contributed by atoms with Crippen molar-refractivity contribution in [3.05, 3.63) is 58.4 Å². The Morgan fingerprint density at radius 1 is 1.11 bits per heavy atom. The molecule has 1 N–H and O–H groups in total. The van der Waals surface area contributed by atoms with Crippen LogP contribution in [-0.2, 0) is 4.79 Å². The minimum absolute atomic E-state index is 0.0383. The van der Waals surface area contributed by atoms with Crippen LogP contribution in [0.4, 0.5) is 5.69 Å². The molecule has 1 aromatic heterocycles. The Hall–Kier alpha value is -2.44. The molecule has 27 heavy (non-hydrogen) atoms. The Morgan fingerprint density at radius 2 is 1.78 bits per heavy atom. The third kappa shape index (κ3) is 4.84. The second-order valence-corrected chi connectivity index (χ2v) is 7.18. The first-order chi connectivity index (χ1) is 12.9. The number of piperazine rings is 1. The fourth-order valence-corrected chi connectivity index (χ4v) is 3.35. The van der Waals surface area contributed by atoms with Gasteiger partial charge in [-0.05, 0) is 37.1 Å². The van der Waals surface area contributed by atoms with E-state index in [4.69, 9.17) is 11.6 Å². The predicted octanol–water partition coefficient (Wildman–Crippen LogP) is 2.75. The van der Waals surface area contributed by atoms with Gasteiger partial charge in [0.15, 0.2) is 0 Å². The number of benzene rings is 1. The monoisotopic (exact) mass is 386 g/mol. The summed E-state index contributed by atoms with van der Waals surface area (Å²) in [5, 5.41) is 3.50. The number of pyridine rings is 1. The van der Waals surface area contributed by atoms with Crippen LogP contribution < -0.4 is 5.32 Å². The first-order valence-corrected chi connectivity index (χ1v) is 9.31. The van der Waals surface area contributed by atoms with Crippen molar-refractivity contribution in [2.75, 3.05) is 38.0 Å². The van der Waals surface area contributed by atoms with Crippen LogP contribution in [0.25, 0.3) is 0 Å². The fraction of sp³-hybridized carbons (Fsp3) is 0.350. The highest BCUT2D eigenvalue weighted by atomic mass is 35.5. The number of halogens is 1. The minimum Gasteiger partial charge on any atom is -0.335 e. The van der Waals surface area contributed by atoms with Crippen molar-refractivity contribution >= 4 is 29.1 Å². The maximum atomic E-state index is 12.5. The molecule has 0 aliphatic carbocycles. The quantitative estimate of drug-likeness (QED) is 0.877. The Bertz CT molecular complexity index is 827. The zero-order valence-corrected chi connectivity index (χ0v) is 16.3. The van der Waals surface area contributed by atoms with Gasteiger partial charge in [0.25, 0.3) is 5.91 Å². The van der Waals surface area contributed by atoms with E-state index in [0.29, 0.717) is 43.4 Å². The van der Waals surface area contributed by atoms with E-state index in [1.165, 1.54) is 6.20 Å².